The second-order valence-electron chi connectivity index (χ2n) is 6.94. The number of likely N-dealkylation sites (N-methyl/N-ethyl adjacent to an activating group) is 1. The second-order valence-corrected chi connectivity index (χ2v) is 6.94. The topological polar surface area (TPSA) is 96.7 Å². The molecule has 1 aliphatic rings. The first-order chi connectivity index (χ1) is 15.0. The van der Waals surface area contributed by atoms with Gasteiger partial charge in [0.25, 0.3) is 17.5 Å². The van der Waals surface area contributed by atoms with Crippen LogP contribution in [0.15, 0.2) is 84.7 Å². The number of anilines is 1. The van der Waals surface area contributed by atoms with E-state index in [1.165, 1.54) is 24.3 Å². The molecule has 154 valence electrons. The van der Waals surface area contributed by atoms with Crippen molar-refractivity contribution in [3.05, 3.63) is 106 Å². The van der Waals surface area contributed by atoms with Crippen molar-refractivity contribution in [2.45, 2.75) is 6.54 Å². The number of rotatable bonds is 6. The Morgan fingerprint density at radius 3 is 2.23 bits per heavy atom. The largest absolute Gasteiger partial charge is 0.339 e. The van der Waals surface area contributed by atoms with Crippen LogP contribution >= 0.6 is 0 Å². The quantitative estimate of drug-likeness (QED) is 0.348. The van der Waals surface area contributed by atoms with E-state index in [0.717, 1.165) is 10.6 Å². The van der Waals surface area contributed by atoms with E-state index in [2.05, 4.69) is 4.98 Å². The molecule has 2 heterocycles. The average molecular weight is 414 g/mol. The van der Waals surface area contributed by atoms with Crippen molar-refractivity contribution >= 4 is 28.8 Å². The molecular weight excluding hydrogens is 396 g/mol. The summed E-state index contributed by atoms with van der Waals surface area (Å²) in [4.78, 5) is 44.2. The van der Waals surface area contributed by atoms with Gasteiger partial charge in [-0.25, -0.2) is 0 Å². The van der Waals surface area contributed by atoms with E-state index in [4.69, 9.17) is 0 Å². The van der Waals surface area contributed by atoms with Gasteiger partial charge in [0.2, 0.25) is 0 Å². The molecule has 8 heteroatoms. The number of nitro groups is 1. The van der Waals surface area contributed by atoms with Gasteiger partial charge < -0.3 is 4.90 Å². The molecule has 0 saturated carbocycles. The Bertz CT molecular complexity index is 1180. The summed E-state index contributed by atoms with van der Waals surface area (Å²) in [6, 6.07) is 20.1. The number of hydrogen-bond donors (Lipinski definition) is 0. The molecule has 3 aromatic rings. The number of amides is 2. The van der Waals surface area contributed by atoms with Crippen molar-refractivity contribution in [3.63, 3.8) is 0 Å². The molecule has 0 N–H and O–H groups in total. The van der Waals surface area contributed by atoms with Crippen LogP contribution in [-0.2, 0) is 16.1 Å². The van der Waals surface area contributed by atoms with E-state index in [1.54, 1.807) is 36.3 Å². The zero-order chi connectivity index (χ0) is 22.0. The molecule has 0 bridgehead atoms. The van der Waals surface area contributed by atoms with Crippen molar-refractivity contribution in [1.29, 1.82) is 0 Å². The Kier molecular flexibility index (Phi) is 5.28. The Morgan fingerprint density at radius 1 is 0.935 bits per heavy atom. The van der Waals surface area contributed by atoms with E-state index >= 15 is 0 Å². The SMILES string of the molecule is CN(C1=C(c2ccc([N+](=O)[O-])cc2)C(=O)N(Cc2ccccn2)C1=O)c1ccccc1. The maximum Gasteiger partial charge on any atom is 0.278 e. The molecule has 31 heavy (non-hydrogen) atoms. The van der Waals surface area contributed by atoms with E-state index in [0.29, 0.717) is 11.3 Å². The van der Waals surface area contributed by atoms with Crippen LogP contribution < -0.4 is 4.90 Å². The van der Waals surface area contributed by atoms with Crippen molar-refractivity contribution in [2.75, 3.05) is 11.9 Å². The van der Waals surface area contributed by atoms with E-state index in [1.807, 2.05) is 30.3 Å². The summed E-state index contributed by atoms with van der Waals surface area (Å²) in [6.07, 6.45) is 1.60. The minimum absolute atomic E-state index is 0.0289. The summed E-state index contributed by atoms with van der Waals surface area (Å²) in [5, 5.41) is 11.0. The molecule has 0 aliphatic carbocycles. The standard InChI is InChI=1S/C23H18N4O4/c1-25(18-8-3-2-4-9-18)21-20(16-10-12-19(13-11-16)27(30)31)22(28)26(23(21)29)15-17-7-5-6-14-24-17/h2-14H,15H2,1H3. The van der Waals surface area contributed by atoms with Gasteiger partial charge in [-0.05, 0) is 42.0 Å². The number of para-hydroxylation sites is 1. The fraction of sp³-hybridized carbons (Fsp3) is 0.0870. The lowest BCUT2D eigenvalue weighted by molar-refractivity contribution is -0.384. The monoisotopic (exact) mass is 414 g/mol. The van der Waals surface area contributed by atoms with Crippen molar-refractivity contribution in [2.24, 2.45) is 0 Å². The summed E-state index contributed by atoms with van der Waals surface area (Å²) in [5.41, 5.74) is 2.06. The highest BCUT2D eigenvalue weighted by Crippen LogP contribution is 2.34. The number of pyridine rings is 1. The van der Waals surface area contributed by atoms with Crippen LogP contribution in [0, 0.1) is 10.1 Å². The van der Waals surface area contributed by atoms with Gasteiger partial charge in [-0.1, -0.05) is 24.3 Å². The molecule has 4 rings (SSSR count). The minimum Gasteiger partial charge on any atom is -0.339 e. The molecule has 2 aromatic carbocycles. The van der Waals surface area contributed by atoms with E-state index in [-0.39, 0.29) is 23.5 Å². The predicted molar refractivity (Wildman–Crippen MR) is 115 cm³/mol. The molecule has 1 aromatic heterocycles. The molecule has 8 nitrogen and oxygen atoms in total. The van der Waals surface area contributed by atoms with Crippen LogP contribution in [0.2, 0.25) is 0 Å². The summed E-state index contributed by atoms with van der Waals surface area (Å²) in [5.74, 6) is -0.919. The zero-order valence-electron chi connectivity index (χ0n) is 16.6. The van der Waals surface area contributed by atoms with Crippen LogP contribution in [0.3, 0.4) is 0 Å². The summed E-state index contributed by atoms with van der Waals surface area (Å²) < 4.78 is 0. The summed E-state index contributed by atoms with van der Waals surface area (Å²) >= 11 is 0. The summed E-state index contributed by atoms with van der Waals surface area (Å²) in [6.45, 7) is 0.0289. The van der Waals surface area contributed by atoms with Crippen molar-refractivity contribution < 1.29 is 14.5 Å². The number of aromatic nitrogens is 1. The van der Waals surface area contributed by atoms with Crippen LogP contribution in [0.5, 0.6) is 0 Å². The highest BCUT2D eigenvalue weighted by molar-refractivity contribution is 6.36. The lowest BCUT2D eigenvalue weighted by Crippen LogP contribution is -2.34. The smallest absolute Gasteiger partial charge is 0.278 e. The van der Waals surface area contributed by atoms with Crippen molar-refractivity contribution in [1.82, 2.24) is 9.88 Å². The number of imide groups is 1. The maximum absolute atomic E-state index is 13.4. The first-order valence-corrected chi connectivity index (χ1v) is 9.51. The van der Waals surface area contributed by atoms with Crippen LogP contribution in [0.25, 0.3) is 5.57 Å². The molecular formula is C23H18N4O4. The van der Waals surface area contributed by atoms with Crippen LogP contribution in [0.1, 0.15) is 11.3 Å². The normalized spacial score (nSPS) is 13.6. The molecule has 0 unspecified atom stereocenters. The predicted octanol–water partition coefficient (Wildman–Crippen LogP) is 3.41. The Labute approximate surface area is 178 Å². The molecule has 0 saturated heterocycles. The average Bonchev–Trinajstić information content (AvgIpc) is 3.04. The van der Waals surface area contributed by atoms with Gasteiger partial charge in [0.15, 0.2) is 0 Å². The number of benzene rings is 2. The van der Waals surface area contributed by atoms with Gasteiger partial charge in [-0.3, -0.25) is 29.6 Å². The molecule has 0 radical (unpaired) electrons. The number of hydrogen-bond acceptors (Lipinski definition) is 6. The number of nitro benzene ring substituents is 1. The minimum atomic E-state index is -0.510. The molecule has 1 aliphatic heterocycles. The van der Waals surface area contributed by atoms with E-state index < -0.39 is 16.7 Å². The molecule has 0 atom stereocenters. The van der Waals surface area contributed by atoms with Gasteiger partial charge in [0.1, 0.15) is 5.70 Å². The Balaban J connectivity index is 1.79. The molecule has 0 spiro atoms. The first-order valence-electron chi connectivity index (χ1n) is 9.51. The molecule has 0 fully saturated rings. The number of nitrogens with zero attached hydrogens (tertiary/aromatic N) is 4. The lowest BCUT2D eigenvalue weighted by Gasteiger charge is -2.21. The van der Waals surface area contributed by atoms with Crippen molar-refractivity contribution in [3.8, 4) is 0 Å². The molecule has 2 amide bonds. The third-order valence-corrected chi connectivity index (χ3v) is 5.04. The fourth-order valence-electron chi connectivity index (χ4n) is 3.46. The second kappa shape index (κ2) is 8.19. The Morgan fingerprint density at radius 2 is 1.61 bits per heavy atom. The number of carbonyl (C=O) groups is 2. The third-order valence-electron chi connectivity index (χ3n) is 5.04. The maximum atomic E-state index is 13.4. The van der Waals surface area contributed by atoms with Gasteiger partial charge >= 0.3 is 0 Å². The zero-order valence-corrected chi connectivity index (χ0v) is 16.6. The number of non-ortho nitro benzene ring substituents is 1. The highest BCUT2D eigenvalue weighted by Gasteiger charge is 2.41. The van der Waals surface area contributed by atoms with Gasteiger partial charge in [-0.2, -0.15) is 0 Å². The van der Waals surface area contributed by atoms with Gasteiger partial charge in [0.05, 0.1) is 22.7 Å². The van der Waals surface area contributed by atoms with Crippen LogP contribution in [0.4, 0.5) is 11.4 Å². The first kappa shape index (κ1) is 20.0. The third kappa shape index (κ3) is 3.78. The highest BCUT2D eigenvalue weighted by atomic mass is 16.6. The lowest BCUT2D eigenvalue weighted by atomic mass is 10.0. The van der Waals surface area contributed by atoms with E-state index in [9.17, 15) is 19.7 Å². The number of carbonyl (C=O) groups excluding carboxylic acids is 2. The van der Waals surface area contributed by atoms with Gasteiger partial charge in [-0.15, -0.1) is 0 Å². The summed E-state index contributed by atoms with van der Waals surface area (Å²) in [7, 11) is 1.71. The van der Waals surface area contributed by atoms with Gasteiger partial charge in [0, 0.05) is 31.1 Å². The Hall–Kier alpha value is -4.33. The van der Waals surface area contributed by atoms with Crippen LogP contribution in [-0.4, -0.2) is 33.7 Å². The fourth-order valence-corrected chi connectivity index (χ4v) is 3.46.